The lowest BCUT2D eigenvalue weighted by molar-refractivity contribution is -0.307. The highest BCUT2D eigenvalue weighted by Crippen LogP contribution is 2.39. The molecule has 2 atom stereocenters. The number of carboxylic acids is 1. The third-order valence-corrected chi connectivity index (χ3v) is 5.47. The minimum atomic E-state index is -4.83. The molecule has 0 saturated carbocycles. The van der Waals surface area contributed by atoms with Gasteiger partial charge in [-0.1, -0.05) is 17.2 Å². The molecule has 2 aromatic carbocycles. The second kappa shape index (κ2) is 10.6. The zero-order valence-electron chi connectivity index (χ0n) is 19.1. The smallest absolute Gasteiger partial charge is 0.449 e. The number of nitrogens with zero attached hydrogens (tertiary/aromatic N) is 2. The van der Waals surface area contributed by atoms with E-state index in [1.54, 1.807) is 12.1 Å². The zero-order valence-corrected chi connectivity index (χ0v) is 19.1. The first-order valence-electron chi connectivity index (χ1n) is 10.9. The highest BCUT2D eigenvalue weighted by atomic mass is 19.4. The van der Waals surface area contributed by atoms with E-state index in [0.717, 1.165) is 27.8 Å². The Bertz CT molecular complexity index is 1170. The first-order chi connectivity index (χ1) is 16.3. The van der Waals surface area contributed by atoms with Crippen LogP contribution in [0.2, 0.25) is 0 Å². The molecule has 10 heteroatoms. The Hall–Kier alpha value is -3.24. The van der Waals surface area contributed by atoms with Gasteiger partial charge in [-0.05, 0) is 63.1 Å². The van der Waals surface area contributed by atoms with E-state index >= 15 is 0 Å². The number of carbonyl (C=O) groups is 1. The van der Waals surface area contributed by atoms with Gasteiger partial charge in [-0.25, -0.2) is 9.37 Å². The average molecular weight is 493 g/mol. The summed E-state index contributed by atoms with van der Waals surface area (Å²) in [5.41, 5.74) is 2.56. The van der Waals surface area contributed by atoms with Crippen LogP contribution in [0.1, 0.15) is 36.2 Å². The normalized spacial score (nSPS) is 13.6. The summed E-state index contributed by atoms with van der Waals surface area (Å²) in [5.74, 6) is -3.25. The molecule has 0 aliphatic rings. The summed E-state index contributed by atoms with van der Waals surface area (Å²) in [6.45, 7) is 3.28. The maximum Gasteiger partial charge on any atom is 0.449 e. The molecule has 6 nitrogen and oxygen atoms in total. The van der Waals surface area contributed by atoms with Crippen molar-refractivity contribution in [2.75, 3.05) is 0 Å². The van der Waals surface area contributed by atoms with E-state index in [-0.39, 0.29) is 30.8 Å². The molecule has 1 heterocycles. The zero-order chi connectivity index (χ0) is 25.9. The molecule has 188 valence electrons. The van der Waals surface area contributed by atoms with Crippen LogP contribution in [0.15, 0.2) is 42.5 Å². The maximum absolute atomic E-state index is 14.1. The quantitative estimate of drug-likeness (QED) is 0.444. The monoisotopic (exact) mass is 493 g/mol. The number of aliphatic hydroxyl groups is 2. The van der Waals surface area contributed by atoms with Crippen molar-refractivity contribution in [1.82, 2.24) is 9.55 Å². The van der Waals surface area contributed by atoms with Crippen LogP contribution >= 0.6 is 0 Å². The van der Waals surface area contributed by atoms with Crippen LogP contribution in [-0.2, 0) is 17.5 Å². The van der Waals surface area contributed by atoms with E-state index in [4.69, 9.17) is 0 Å². The molecule has 0 bridgehead atoms. The van der Waals surface area contributed by atoms with E-state index in [1.807, 2.05) is 19.9 Å². The van der Waals surface area contributed by atoms with Crippen molar-refractivity contribution in [2.24, 2.45) is 0 Å². The second-order valence-electron chi connectivity index (χ2n) is 8.57. The number of alkyl halides is 3. The molecule has 0 amide bonds. The topological polar surface area (TPSA) is 98.4 Å². The van der Waals surface area contributed by atoms with Gasteiger partial charge in [-0.3, -0.25) is 0 Å². The van der Waals surface area contributed by atoms with Gasteiger partial charge in [-0.2, -0.15) is 13.2 Å². The molecule has 0 spiro atoms. The van der Waals surface area contributed by atoms with Crippen molar-refractivity contribution in [2.45, 2.75) is 58.0 Å². The number of aromatic nitrogens is 2. The number of carbonyl (C=O) groups excluding carboxylic acids is 1. The van der Waals surface area contributed by atoms with Crippen molar-refractivity contribution >= 4 is 5.97 Å². The van der Waals surface area contributed by atoms with Crippen molar-refractivity contribution in [3.8, 4) is 22.5 Å². The third kappa shape index (κ3) is 6.67. The minimum absolute atomic E-state index is 0.0576. The molecule has 0 aliphatic heterocycles. The van der Waals surface area contributed by atoms with E-state index in [9.17, 15) is 37.7 Å². The summed E-state index contributed by atoms with van der Waals surface area (Å²) in [6, 6.07) is 10.3. The van der Waals surface area contributed by atoms with Crippen LogP contribution in [0.3, 0.4) is 0 Å². The number of imidazole rings is 1. The van der Waals surface area contributed by atoms with Crippen molar-refractivity contribution in [1.29, 1.82) is 0 Å². The maximum atomic E-state index is 14.1. The van der Waals surface area contributed by atoms with Crippen LogP contribution in [0, 0.1) is 19.7 Å². The number of aliphatic carboxylic acids is 1. The van der Waals surface area contributed by atoms with Gasteiger partial charge in [0, 0.05) is 30.1 Å². The number of hydrogen-bond acceptors (Lipinski definition) is 5. The van der Waals surface area contributed by atoms with Crippen molar-refractivity contribution < 1.29 is 37.7 Å². The van der Waals surface area contributed by atoms with Gasteiger partial charge in [0.05, 0.1) is 23.6 Å². The first-order valence-corrected chi connectivity index (χ1v) is 10.9. The predicted molar refractivity (Wildman–Crippen MR) is 118 cm³/mol. The van der Waals surface area contributed by atoms with Crippen LogP contribution < -0.4 is 5.11 Å². The molecular formula is C25H25F4N2O4-. The van der Waals surface area contributed by atoms with Crippen LogP contribution in [0.25, 0.3) is 22.5 Å². The van der Waals surface area contributed by atoms with Crippen LogP contribution in [0.4, 0.5) is 17.6 Å². The molecule has 35 heavy (non-hydrogen) atoms. The first kappa shape index (κ1) is 26.4. The van der Waals surface area contributed by atoms with Gasteiger partial charge in [0.15, 0.2) is 0 Å². The van der Waals surface area contributed by atoms with Gasteiger partial charge in [0.2, 0.25) is 5.82 Å². The largest absolute Gasteiger partial charge is 0.550 e. The highest BCUT2D eigenvalue weighted by molar-refractivity contribution is 5.80. The number of benzene rings is 2. The third-order valence-electron chi connectivity index (χ3n) is 5.47. The Morgan fingerprint density at radius 3 is 2.17 bits per heavy atom. The second-order valence-corrected chi connectivity index (χ2v) is 8.57. The standard InChI is InChI=1S/C25H26F4N2O4/c1-14-9-15(2)11-17(10-14)22-23(16-3-5-18(26)6-4-16)31(24(30-22)25(27,28)29)8-7-19(32)12-20(33)13-21(34)35/h3-6,9-11,19-20,32-33H,7-8,12-13H2,1-2H3,(H,34,35)/p-1/t19-,20-/m1/s1. The number of carboxylic acid groups (broad SMARTS) is 1. The summed E-state index contributed by atoms with van der Waals surface area (Å²) < 4.78 is 56.7. The van der Waals surface area contributed by atoms with Gasteiger partial charge < -0.3 is 24.7 Å². The number of hydrogen-bond donors (Lipinski definition) is 2. The number of aryl methyl sites for hydroxylation is 2. The fourth-order valence-corrected chi connectivity index (χ4v) is 4.09. The fourth-order valence-electron chi connectivity index (χ4n) is 4.09. The molecule has 0 aliphatic carbocycles. The van der Waals surface area contributed by atoms with Gasteiger partial charge in [-0.15, -0.1) is 0 Å². The molecule has 3 rings (SSSR count). The highest BCUT2D eigenvalue weighted by Gasteiger charge is 2.39. The fraction of sp³-hybridized carbons (Fsp3) is 0.360. The van der Waals surface area contributed by atoms with Gasteiger partial charge in [0.1, 0.15) is 5.82 Å². The van der Waals surface area contributed by atoms with E-state index < -0.39 is 42.4 Å². The Kier molecular flexibility index (Phi) is 7.97. The van der Waals surface area contributed by atoms with Gasteiger partial charge in [0.25, 0.3) is 0 Å². The SMILES string of the molecule is Cc1cc(C)cc(-c2nc(C(F)(F)F)n(CC[C@@H](O)C[C@@H](O)CC(=O)[O-])c2-c2ccc(F)cc2)c1. The summed E-state index contributed by atoms with van der Waals surface area (Å²) in [4.78, 5) is 14.6. The van der Waals surface area contributed by atoms with E-state index in [0.29, 0.717) is 11.1 Å². The Balaban J connectivity index is 2.10. The van der Waals surface area contributed by atoms with Crippen LogP contribution in [0.5, 0.6) is 0 Å². The number of halogens is 4. The van der Waals surface area contributed by atoms with Crippen molar-refractivity contribution in [3.05, 3.63) is 65.2 Å². The molecule has 1 aromatic heterocycles. The van der Waals surface area contributed by atoms with Gasteiger partial charge >= 0.3 is 6.18 Å². The summed E-state index contributed by atoms with van der Waals surface area (Å²) in [6.07, 6.45) is -8.77. The molecule has 3 aromatic rings. The lowest BCUT2D eigenvalue weighted by atomic mass is 10.0. The predicted octanol–water partition coefficient (Wildman–Crippen LogP) is 3.63. The molecule has 0 unspecified atom stereocenters. The van der Waals surface area contributed by atoms with E-state index in [1.165, 1.54) is 12.1 Å². The number of aliphatic hydroxyl groups excluding tert-OH is 2. The molecule has 0 fully saturated rings. The lowest BCUT2D eigenvalue weighted by Crippen LogP contribution is -2.30. The van der Waals surface area contributed by atoms with Crippen molar-refractivity contribution in [3.63, 3.8) is 0 Å². The lowest BCUT2D eigenvalue weighted by Gasteiger charge is -2.19. The Labute approximate surface area is 199 Å². The molecule has 2 N–H and O–H groups in total. The Morgan fingerprint density at radius 1 is 1.03 bits per heavy atom. The summed E-state index contributed by atoms with van der Waals surface area (Å²) in [5, 5.41) is 30.6. The number of rotatable bonds is 9. The molecular weight excluding hydrogens is 468 g/mol. The molecule has 0 radical (unpaired) electrons. The van der Waals surface area contributed by atoms with E-state index in [2.05, 4.69) is 4.98 Å². The minimum Gasteiger partial charge on any atom is -0.550 e. The Morgan fingerprint density at radius 2 is 1.63 bits per heavy atom. The average Bonchev–Trinajstić information content (AvgIpc) is 3.11. The summed E-state index contributed by atoms with van der Waals surface area (Å²) in [7, 11) is 0. The summed E-state index contributed by atoms with van der Waals surface area (Å²) >= 11 is 0. The molecule has 0 saturated heterocycles. The van der Waals surface area contributed by atoms with Crippen LogP contribution in [-0.4, -0.2) is 37.9 Å².